The molecule has 22 nitrogen and oxygen atoms in total. The molecule has 0 bridgehead atoms. The minimum Gasteiger partial charge on any atom is -0.394 e. The second-order valence-electron chi connectivity index (χ2n) is 15.6. The van der Waals surface area contributed by atoms with Crippen LogP contribution in [0.4, 0.5) is 0 Å². The number of ether oxygens (including phenoxy) is 3. The topological polar surface area (TPSA) is 323 Å². The van der Waals surface area contributed by atoms with Gasteiger partial charge in [-0.1, -0.05) is 44.2 Å². The fourth-order valence-electron chi connectivity index (χ4n) is 6.80. The van der Waals surface area contributed by atoms with Gasteiger partial charge in [-0.2, -0.15) is 0 Å². The van der Waals surface area contributed by atoms with Crippen molar-refractivity contribution < 1.29 is 67.0 Å². The summed E-state index contributed by atoms with van der Waals surface area (Å²) in [6.07, 6.45) is 3.28. The number of likely N-dealkylation sites (tertiary alicyclic amines) is 1. The Morgan fingerprint density at radius 2 is 1.60 bits per heavy atom. The fraction of sp³-hybridized carbons (Fsp3) is 0.625. The van der Waals surface area contributed by atoms with Gasteiger partial charge in [-0.15, -0.1) is 0 Å². The third-order valence-electron chi connectivity index (χ3n) is 9.98. The number of aryl methyl sites for hydroxylation is 1. The predicted octanol–water partition coefficient (Wildman–Crippen LogP) is -1.02. The Morgan fingerprint density at radius 3 is 2.22 bits per heavy atom. The van der Waals surface area contributed by atoms with E-state index in [0.717, 1.165) is 26.2 Å². The van der Waals surface area contributed by atoms with Crippen LogP contribution in [0.25, 0.3) is 0 Å². The molecular weight excluding hydrogens is 847 g/mol. The molecule has 1 aromatic carbocycles. The van der Waals surface area contributed by atoms with Gasteiger partial charge in [0.05, 0.1) is 51.4 Å². The zero-order valence-electron chi connectivity index (χ0n) is 36.1. The Morgan fingerprint density at radius 1 is 0.921 bits per heavy atom. The van der Waals surface area contributed by atoms with E-state index in [9.17, 15) is 38.4 Å². The number of aliphatic hydroxyl groups excluding tert-OH is 1. The Hall–Kier alpha value is -4.80. The molecule has 63 heavy (non-hydrogen) atoms. The molecule has 1 fully saturated rings. The number of benzene rings is 1. The number of aromatic nitrogens is 2. The first-order valence-corrected chi connectivity index (χ1v) is 22.3. The summed E-state index contributed by atoms with van der Waals surface area (Å²) in [4.78, 5) is 107. The van der Waals surface area contributed by atoms with Gasteiger partial charge in [-0.25, -0.2) is 9.55 Å². The van der Waals surface area contributed by atoms with Gasteiger partial charge >= 0.3 is 7.82 Å². The lowest BCUT2D eigenvalue weighted by molar-refractivity contribution is -0.140. The quantitative estimate of drug-likeness (QED) is 0.0348. The molecule has 3 rings (SSSR count). The van der Waals surface area contributed by atoms with Gasteiger partial charge in [-0.05, 0) is 44.1 Å². The Balaban J connectivity index is 1.76. The number of rotatable bonds is 29. The molecule has 0 saturated carbocycles. The minimum atomic E-state index is -5.12. The summed E-state index contributed by atoms with van der Waals surface area (Å²) < 4.78 is 32.5. The first-order chi connectivity index (χ1) is 29.9. The Labute approximate surface area is 366 Å². The third kappa shape index (κ3) is 18.8. The molecule has 2 heterocycles. The number of aromatic amines is 1. The summed E-state index contributed by atoms with van der Waals surface area (Å²) in [5.74, 6) is -5.22. The number of primary amides is 1. The number of unbranched alkanes of at least 4 members (excludes halogenated alkanes) is 1. The van der Waals surface area contributed by atoms with Crippen molar-refractivity contribution in [1.82, 2.24) is 36.1 Å². The molecule has 23 heteroatoms. The van der Waals surface area contributed by atoms with Crippen molar-refractivity contribution in [3.63, 3.8) is 0 Å². The molecule has 1 aliphatic heterocycles. The van der Waals surface area contributed by atoms with Gasteiger partial charge in [0.1, 0.15) is 30.2 Å². The van der Waals surface area contributed by atoms with E-state index in [1.807, 2.05) is 32.0 Å². The maximum absolute atomic E-state index is 14.1. The lowest BCUT2D eigenvalue weighted by Gasteiger charge is -2.28. The number of nitrogens with two attached hydrogens (primary N) is 1. The molecule has 352 valence electrons. The average Bonchev–Trinajstić information content (AvgIpc) is 3.91. The van der Waals surface area contributed by atoms with Crippen LogP contribution in [0.3, 0.4) is 0 Å². The second-order valence-corrected chi connectivity index (χ2v) is 16.7. The molecule has 2 aromatic rings. The molecule has 0 spiro atoms. The number of H-pyrrole nitrogens is 1. The maximum Gasteiger partial charge on any atom is 0.469 e. The molecule has 0 aliphatic carbocycles. The van der Waals surface area contributed by atoms with E-state index in [4.69, 9.17) is 29.7 Å². The first kappa shape index (κ1) is 52.5. The van der Waals surface area contributed by atoms with E-state index in [2.05, 4.69) is 47.9 Å². The van der Waals surface area contributed by atoms with Crippen molar-refractivity contribution >= 4 is 43.3 Å². The second kappa shape index (κ2) is 26.7. The fourth-order valence-corrected chi connectivity index (χ4v) is 7.36. The SMILES string of the molecule is COCCOCCC(=O)N1C[C@H](OCCCCc2ccccc2)C[C@H]1C(=O)N[C@@H](CC(C)C)C(=O)N[C@@H](Cc1cnc[nH]1)C(=O)N[C@@H](CO)C(=O)N[C@H](C(N)=O)[C@@H](C)OP(=O)(O)O. The molecule has 6 amide bonds. The van der Waals surface area contributed by atoms with E-state index < -0.39 is 86.4 Å². The van der Waals surface area contributed by atoms with Gasteiger partial charge in [0.15, 0.2) is 0 Å². The van der Waals surface area contributed by atoms with Gasteiger partial charge in [0.2, 0.25) is 35.4 Å². The number of phosphoric acid groups is 1. The van der Waals surface area contributed by atoms with E-state index >= 15 is 0 Å². The number of hydrogen-bond donors (Lipinski definition) is 9. The molecule has 1 aliphatic rings. The van der Waals surface area contributed by atoms with Gasteiger partial charge < -0.3 is 66.0 Å². The van der Waals surface area contributed by atoms with Crippen LogP contribution in [0.2, 0.25) is 0 Å². The number of nitrogens with one attached hydrogen (secondary N) is 5. The van der Waals surface area contributed by atoms with Gasteiger partial charge in [0, 0.05) is 45.0 Å². The van der Waals surface area contributed by atoms with Crippen molar-refractivity contribution in [1.29, 1.82) is 0 Å². The molecule has 10 N–H and O–H groups in total. The smallest absolute Gasteiger partial charge is 0.394 e. The standard InChI is InChI=1S/C40H63N8O14P/c1-25(2)18-30(45-40(55)33-20-29(22-48(33)34(50)13-15-60-17-16-59-4)61-14-9-8-12-27-10-6-5-7-11-27)37(52)44-31(19-28-21-42-24-43-28)38(53)46-32(23-49)39(54)47-35(36(41)51)26(3)62-63(56,57)58/h5-7,10-11,21,24-26,29-33,35,49H,8-9,12-20,22-23H2,1-4H3,(H2,41,51)(H,42,43)(H,44,52)(H,45,55)(H,46,53)(H,47,54)(H2,56,57,58)/t26-,29-,30+,31+,32+,33+,35+/m1/s1. The Kier molecular flexibility index (Phi) is 22.3. The predicted molar refractivity (Wildman–Crippen MR) is 225 cm³/mol. The molecule has 1 saturated heterocycles. The number of phosphoric ester groups is 1. The number of amides is 6. The number of nitrogens with zero attached hydrogens (tertiary/aromatic N) is 2. The largest absolute Gasteiger partial charge is 0.469 e. The van der Waals surface area contributed by atoms with Crippen LogP contribution in [0, 0.1) is 5.92 Å². The number of carbonyl (C=O) groups is 6. The van der Waals surface area contributed by atoms with Crippen LogP contribution in [-0.4, -0.2) is 154 Å². The highest BCUT2D eigenvalue weighted by Crippen LogP contribution is 2.38. The summed E-state index contributed by atoms with van der Waals surface area (Å²) in [5.41, 5.74) is 6.92. The summed E-state index contributed by atoms with van der Waals surface area (Å²) in [7, 11) is -3.59. The number of aliphatic hydroxyl groups is 1. The number of methoxy groups -OCH3 is 1. The highest BCUT2D eigenvalue weighted by Gasteiger charge is 2.41. The molecule has 0 radical (unpaired) electrons. The van der Waals surface area contributed by atoms with Gasteiger partial charge in [0.25, 0.3) is 0 Å². The summed E-state index contributed by atoms with van der Waals surface area (Å²) in [5, 5.41) is 19.9. The van der Waals surface area contributed by atoms with Crippen molar-refractivity contribution in [2.45, 2.75) is 108 Å². The van der Waals surface area contributed by atoms with Crippen LogP contribution in [-0.2, 0) is 64.9 Å². The average molecular weight is 911 g/mol. The lowest BCUT2D eigenvalue weighted by atomic mass is 10.0. The van der Waals surface area contributed by atoms with Crippen LogP contribution in [0.5, 0.6) is 0 Å². The molecule has 0 unspecified atom stereocenters. The summed E-state index contributed by atoms with van der Waals surface area (Å²) in [6.45, 7) is 5.01. The third-order valence-corrected chi connectivity index (χ3v) is 10.6. The number of carbonyl (C=O) groups excluding carboxylic acids is 6. The van der Waals surface area contributed by atoms with Crippen molar-refractivity contribution in [2.75, 3.05) is 46.7 Å². The zero-order valence-corrected chi connectivity index (χ0v) is 37.0. The van der Waals surface area contributed by atoms with Crippen LogP contribution >= 0.6 is 7.82 Å². The molecule has 1 aromatic heterocycles. The van der Waals surface area contributed by atoms with Crippen LogP contribution < -0.4 is 27.0 Å². The maximum atomic E-state index is 14.1. The Bertz CT molecular complexity index is 1800. The van der Waals surface area contributed by atoms with Crippen molar-refractivity contribution in [3.8, 4) is 0 Å². The number of hydrogen-bond acceptors (Lipinski definition) is 13. The van der Waals surface area contributed by atoms with E-state index in [-0.39, 0.29) is 57.3 Å². The first-order valence-electron chi connectivity index (χ1n) is 20.8. The van der Waals surface area contributed by atoms with E-state index in [0.29, 0.717) is 18.9 Å². The van der Waals surface area contributed by atoms with Crippen LogP contribution in [0.15, 0.2) is 42.9 Å². The number of imidazole rings is 1. The monoisotopic (exact) mass is 910 g/mol. The van der Waals surface area contributed by atoms with Crippen molar-refractivity contribution in [2.24, 2.45) is 11.7 Å². The molecule has 7 atom stereocenters. The summed E-state index contributed by atoms with van der Waals surface area (Å²) >= 11 is 0. The minimum absolute atomic E-state index is 0.00611. The molecular formula is C40H63N8O14P. The van der Waals surface area contributed by atoms with Gasteiger partial charge in [-0.3, -0.25) is 33.3 Å². The van der Waals surface area contributed by atoms with E-state index in [1.54, 1.807) is 0 Å². The van der Waals surface area contributed by atoms with Crippen LogP contribution in [0.1, 0.15) is 64.1 Å². The highest BCUT2D eigenvalue weighted by atomic mass is 31.2. The normalized spacial score (nSPS) is 17.6. The zero-order chi connectivity index (χ0) is 46.5. The summed E-state index contributed by atoms with van der Waals surface area (Å²) in [6, 6.07) is 2.89. The lowest BCUT2D eigenvalue weighted by Crippen LogP contribution is -2.61. The van der Waals surface area contributed by atoms with Crippen molar-refractivity contribution in [3.05, 3.63) is 54.1 Å². The highest BCUT2D eigenvalue weighted by molar-refractivity contribution is 7.46. The van der Waals surface area contributed by atoms with E-state index in [1.165, 1.54) is 30.1 Å².